The van der Waals surface area contributed by atoms with Crippen molar-refractivity contribution in [1.82, 2.24) is 9.78 Å². The number of aromatic nitrogens is 2. The Morgan fingerprint density at radius 2 is 1.53 bits per heavy atom. The van der Waals surface area contributed by atoms with Crippen LogP contribution in [0.2, 0.25) is 0 Å². The molecular weight excluding hydrogens is 465 g/mol. The Labute approximate surface area is 192 Å². The highest BCUT2D eigenvalue weighted by Gasteiger charge is 2.35. The Morgan fingerprint density at radius 1 is 0.853 bits per heavy atom. The molecule has 0 unspecified atom stereocenters. The fourth-order valence-corrected chi connectivity index (χ4v) is 4.48. The first-order valence-electron chi connectivity index (χ1n) is 10.1. The summed E-state index contributed by atoms with van der Waals surface area (Å²) in [7, 11) is -3.99. The highest BCUT2D eigenvalue weighted by molar-refractivity contribution is 7.90. The third kappa shape index (κ3) is 4.09. The summed E-state index contributed by atoms with van der Waals surface area (Å²) in [6, 6.07) is 23.8. The van der Waals surface area contributed by atoms with Gasteiger partial charge in [-0.3, -0.25) is 4.72 Å². The van der Waals surface area contributed by atoms with Gasteiger partial charge in [0.1, 0.15) is 0 Å². The summed E-state index contributed by atoms with van der Waals surface area (Å²) in [5.41, 5.74) is 0.298. The summed E-state index contributed by atoms with van der Waals surface area (Å²) in [6.07, 6.45) is -4.65. The van der Waals surface area contributed by atoms with E-state index in [2.05, 4.69) is 9.82 Å². The molecule has 0 aliphatic carbocycles. The van der Waals surface area contributed by atoms with Crippen LogP contribution in [0.25, 0.3) is 38.5 Å². The van der Waals surface area contributed by atoms with Crippen molar-refractivity contribution < 1.29 is 21.6 Å². The van der Waals surface area contributed by atoms with E-state index in [9.17, 15) is 21.6 Å². The maximum Gasteiger partial charge on any atom is 0.435 e. The number of hydrogen-bond donors (Lipinski definition) is 2. The number of benzene rings is 4. The largest absolute Gasteiger partial charge is 0.435 e. The molecule has 5 aromatic rings. The third-order valence-corrected chi connectivity index (χ3v) is 5.94. The summed E-state index contributed by atoms with van der Waals surface area (Å²) >= 11 is 0. The lowest BCUT2D eigenvalue weighted by molar-refractivity contribution is -0.141. The van der Waals surface area contributed by atoms with Crippen molar-refractivity contribution >= 4 is 37.4 Å². The van der Waals surface area contributed by atoms with Crippen LogP contribution in [0.3, 0.4) is 0 Å². The molecule has 172 valence electrons. The van der Waals surface area contributed by atoms with E-state index in [0.29, 0.717) is 11.3 Å². The minimum Gasteiger partial charge on any atom is -0.271 e. The smallest absolute Gasteiger partial charge is 0.271 e. The van der Waals surface area contributed by atoms with Gasteiger partial charge in [0.05, 0.1) is 11.4 Å². The minimum absolute atomic E-state index is 0.173. The van der Waals surface area contributed by atoms with Gasteiger partial charge in [-0.2, -0.15) is 26.7 Å². The van der Waals surface area contributed by atoms with Crippen molar-refractivity contribution in [3.05, 3.63) is 90.6 Å². The fraction of sp³-hybridized carbons (Fsp3) is 0.0417. The molecule has 0 atom stereocenters. The van der Waals surface area contributed by atoms with E-state index in [0.717, 1.165) is 27.6 Å². The summed E-state index contributed by atoms with van der Waals surface area (Å²) in [5, 5.41) is 12.4. The van der Waals surface area contributed by atoms with Crippen LogP contribution in [0.4, 0.5) is 18.9 Å². The normalized spacial score (nSPS) is 12.4. The first-order valence-corrected chi connectivity index (χ1v) is 11.6. The molecule has 1 heterocycles. The van der Waals surface area contributed by atoms with Gasteiger partial charge >= 0.3 is 6.18 Å². The zero-order valence-electron chi connectivity index (χ0n) is 17.4. The van der Waals surface area contributed by atoms with Crippen LogP contribution in [-0.2, 0) is 16.4 Å². The van der Waals surface area contributed by atoms with Crippen LogP contribution in [0.1, 0.15) is 5.69 Å². The predicted molar refractivity (Wildman–Crippen MR) is 126 cm³/mol. The monoisotopic (exact) mass is 482 g/mol. The standard InChI is InChI=1S/C24H17F3N4O2S/c25-24(26,27)22-14-21(31(29-22)18-12-10-17(11-13-18)30-34(28,32)33)20-7-3-5-16-9-8-15-4-1-2-6-19(15)23(16)20/h1-14,30H,(H2,28,32,33). The van der Waals surface area contributed by atoms with Gasteiger partial charge in [-0.1, -0.05) is 54.6 Å². The number of rotatable bonds is 4. The predicted octanol–water partition coefficient (Wildman–Crippen LogP) is 5.48. The first kappa shape index (κ1) is 21.9. The van der Waals surface area contributed by atoms with Crippen molar-refractivity contribution in [2.75, 3.05) is 4.72 Å². The van der Waals surface area contributed by atoms with E-state index in [1.807, 2.05) is 42.5 Å². The molecule has 0 spiro atoms. The second-order valence-corrected chi connectivity index (χ2v) is 9.00. The van der Waals surface area contributed by atoms with Crippen molar-refractivity contribution in [2.45, 2.75) is 6.18 Å². The number of anilines is 1. The van der Waals surface area contributed by atoms with Crippen molar-refractivity contribution in [3.63, 3.8) is 0 Å². The van der Waals surface area contributed by atoms with Gasteiger partial charge in [-0.15, -0.1) is 0 Å². The number of nitrogens with zero attached hydrogens (tertiary/aromatic N) is 2. The molecule has 0 saturated carbocycles. The van der Waals surface area contributed by atoms with E-state index >= 15 is 0 Å². The maximum atomic E-state index is 13.7. The molecule has 0 aliphatic heterocycles. The van der Waals surface area contributed by atoms with Gasteiger partial charge in [-0.05, 0) is 51.9 Å². The van der Waals surface area contributed by atoms with Gasteiger partial charge in [0.15, 0.2) is 5.69 Å². The number of nitrogens with two attached hydrogens (primary N) is 1. The van der Waals surface area contributed by atoms with E-state index in [1.54, 1.807) is 12.1 Å². The van der Waals surface area contributed by atoms with Crippen molar-refractivity contribution in [2.24, 2.45) is 5.14 Å². The Hall–Kier alpha value is -3.89. The molecule has 6 nitrogen and oxygen atoms in total. The molecule has 0 saturated heterocycles. The molecule has 0 radical (unpaired) electrons. The van der Waals surface area contributed by atoms with Crippen LogP contribution in [-0.4, -0.2) is 18.2 Å². The molecule has 3 N–H and O–H groups in total. The maximum absolute atomic E-state index is 13.7. The topological polar surface area (TPSA) is 90.0 Å². The molecule has 10 heteroatoms. The highest BCUT2D eigenvalue weighted by atomic mass is 32.2. The molecule has 0 fully saturated rings. The summed E-state index contributed by atoms with van der Waals surface area (Å²) in [4.78, 5) is 0. The molecule has 1 aromatic heterocycles. The molecule has 5 rings (SSSR count). The fourth-order valence-electron chi connectivity index (χ4n) is 4.02. The molecule has 0 bridgehead atoms. The summed E-state index contributed by atoms with van der Waals surface area (Å²) in [6.45, 7) is 0. The van der Waals surface area contributed by atoms with E-state index in [-0.39, 0.29) is 11.4 Å². The van der Waals surface area contributed by atoms with Gasteiger partial charge in [0.2, 0.25) is 0 Å². The van der Waals surface area contributed by atoms with Gasteiger partial charge in [0.25, 0.3) is 10.2 Å². The second-order valence-electron chi connectivity index (χ2n) is 7.71. The van der Waals surface area contributed by atoms with E-state index in [4.69, 9.17) is 5.14 Å². The van der Waals surface area contributed by atoms with Crippen molar-refractivity contribution in [1.29, 1.82) is 0 Å². The molecule has 0 amide bonds. The summed E-state index contributed by atoms with van der Waals surface area (Å²) < 4.78 is 66.8. The van der Waals surface area contributed by atoms with Gasteiger partial charge < -0.3 is 0 Å². The van der Waals surface area contributed by atoms with E-state index < -0.39 is 22.1 Å². The highest BCUT2D eigenvalue weighted by Crippen LogP contribution is 2.38. The van der Waals surface area contributed by atoms with Crippen LogP contribution in [0, 0.1) is 0 Å². The lowest BCUT2D eigenvalue weighted by atomic mass is 9.96. The van der Waals surface area contributed by atoms with Crippen LogP contribution in [0.5, 0.6) is 0 Å². The average molecular weight is 482 g/mol. The molecule has 34 heavy (non-hydrogen) atoms. The van der Waals surface area contributed by atoms with Crippen LogP contribution >= 0.6 is 0 Å². The molecule has 0 aliphatic rings. The second kappa shape index (κ2) is 7.86. The Bertz CT molecular complexity index is 1640. The third-order valence-electron chi connectivity index (χ3n) is 5.42. The first-order chi connectivity index (χ1) is 16.1. The number of hydrogen-bond acceptors (Lipinski definition) is 3. The SMILES string of the molecule is NS(=O)(=O)Nc1ccc(-n2nc(C(F)(F)F)cc2-c2cccc3ccc4ccccc4c23)cc1. The van der Waals surface area contributed by atoms with Gasteiger partial charge in [0, 0.05) is 11.3 Å². The Balaban J connectivity index is 1.76. The minimum atomic E-state index is -4.65. The molecule has 4 aromatic carbocycles. The number of halogens is 3. The zero-order valence-corrected chi connectivity index (χ0v) is 18.2. The van der Waals surface area contributed by atoms with Gasteiger partial charge in [-0.25, -0.2) is 9.82 Å². The zero-order chi connectivity index (χ0) is 24.1. The Kier molecular flexibility index (Phi) is 5.07. The number of nitrogens with one attached hydrogen (secondary N) is 1. The number of alkyl halides is 3. The van der Waals surface area contributed by atoms with Crippen LogP contribution in [0.15, 0.2) is 84.9 Å². The quantitative estimate of drug-likeness (QED) is 0.333. The molecular formula is C24H17F3N4O2S. The average Bonchev–Trinajstić information content (AvgIpc) is 3.24. The number of fused-ring (bicyclic) bond motifs is 3. The Morgan fingerprint density at radius 3 is 2.24 bits per heavy atom. The van der Waals surface area contributed by atoms with Crippen molar-refractivity contribution in [3.8, 4) is 16.9 Å². The van der Waals surface area contributed by atoms with E-state index in [1.165, 1.54) is 28.9 Å². The summed E-state index contributed by atoms with van der Waals surface area (Å²) in [5.74, 6) is 0. The van der Waals surface area contributed by atoms with Crippen LogP contribution < -0.4 is 9.86 Å². The lowest BCUT2D eigenvalue weighted by Crippen LogP contribution is -2.21. The lowest BCUT2D eigenvalue weighted by Gasteiger charge is -2.13.